The second kappa shape index (κ2) is 5.01. The summed E-state index contributed by atoms with van der Waals surface area (Å²) in [6, 6.07) is 8.35. The van der Waals surface area contributed by atoms with Gasteiger partial charge in [-0.05, 0) is 24.5 Å². The van der Waals surface area contributed by atoms with Crippen molar-refractivity contribution >= 4 is 28.1 Å². The number of para-hydroxylation sites is 1. The van der Waals surface area contributed by atoms with Crippen molar-refractivity contribution in [3.8, 4) is 0 Å². The van der Waals surface area contributed by atoms with Crippen molar-refractivity contribution in [1.29, 1.82) is 0 Å². The molecule has 0 spiro atoms. The number of esters is 1. The van der Waals surface area contributed by atoms with Crippen LogP contribution in [0.3, 0.4) is 0 Å². The van der Waals surface area contributed by atoms with E-state index >= 15 is 0 Å². The molecule has 0 bridgehead atoms. The molecule has 0 saturated heterocycles. The molecule has 0 radical (unpaired) electrons. The summed E-state index contributed by atoms with van der Waals surface area (Å²) in [5, 5.41) is 0.854. The largest absolute Gasteiger partial charge is 0.465 e. The molecule has 0 amide bonds. The first-order valence-corrected chi connectivity index (χ1v) is 7.01. The minimum Gasteiger partial charge on any atom is -0.465 e. The molecule has 3 rings (SSSR count). The van der Waals surface area contributed by atoms with Gasteiger partial charge in [0.05, 0.1) is 13.3 Å². The Morgan fingerprint density at radius 2 is 2.26 bits per heavy atom. The molecule has 4 nitrogen and oxygen atoms in total. The predicted octanol–water partition coefficient (Wildman–Crippen LogP) is 3.01. The molecule has 0 aliphatic carbocycles. The number of methoxy groups -OCH3 is 1. The average molecular weight is 274 g/mol. The van der Waals surface area contributed by atoms with Crippen molar-refractivity contribution in [2.24, 2.45) is 0 Å². The van der Waals surface area contributed by atoms with Gasteiger partial charge in [0.2, 0.25) is 0 Å². The number of aryl methyl sites for hydroxylation is 1. The third-order valence-corrected chi connectivity index (χ3v) is 4.22. The van der Waals surface area contributed by atoms with Crippen LogP contribution in [0.15, 0.2) is 30.5 Å². The van der Waals surface area contributed by atoms with Crippen LogP contribution >= 0.6 is 11.3 Å². The van der Waals surface area contributed by atoms with Gasteiger partial charge < -0.3 is 9.64 Å². The Morgan fingerprint density at radius 1 is 1.42 bits per heavy atom. The number of carbonyl (C=O) groups excluding carboxylic acids is 1. The Balaban J connectivity index is 1.95. The average Bonchev–Trinajstić information content (AvgIpc) is 2.95. The molecule has 0 N–H and O–H groups in total. The van der Waals surface area contributed by atoms with Crippen molar-refractivity contribution in [3.63, 3.8) is 0 Å². The highest BCUT2D eigenvalue weighted by Gasteiger charge is 2.21. The first-order valence-electron chi connectivity index (χ1n) is 6.19. The minimum absolute atomic E-state index is 0.325. The van der Waals surface area contributed by atoms with E-state index in [0.29, 0.717) is 4.88 Å². The number of fused-ring (bicyclic) bond motifs is 1. The second-order valence-corrected chi connectivity index (χ2v) is 5.39. The first kappa shape index (κ1) is 12.2. The Bertz CT molecular complexity index is 609. The number of hydrogen-bond acceptors (Lipinski definition) is 5. The number of ether oxygens (including phenoxy) is 1. The molecule has 1 aromatic carbocycles. The molecular weight excluding hydrogens is 260 g/mol. The van der Waals surface area contributed by atoms with Gasteiger partial charge in [-0.2, -0.15) is 0 Å². The van der Waals surface area contributed by atoms with Gasteiger partial charge >= 0.3 is 5.97 Å². The second-order valence-electron chi connectivity index (χ2n) is 4.38. The number of benzene rings is 1. The number of carbonyl (C=O) groups is 1. The molecule has 0 unspecified atom stereocenters. The molecule has 1 aliphatic rings. The van der Waals surface area contributed by atoms with E-state index in [0.717, 1.165) is 24.5 Å². The van der Waals surface area contributed by atoms with E-state index in [9.17, 15) is 4.79 Å². The molecule has 19 heavy (non-hydrogen) atoms. The van der Waals surface area contributed by atoms with E-state index in [4.69, 9.17) is 4.74 Å². The summed E-state index contributed by atoms with van der Waals surface area (Å²) in [6.45, 7) is 0.936. The van der Waals surface area contributed by atoms with E-state index in [1.165, 1.54) is 29.7 Å². The predicted molar refractivity (Wildman–Crippen MR) is 75.2 cm³/mol. The molecule has 0 saturated carbocycles. The van der Waals surface area contributed by atoms with Crippen molar-refractivity contribution < 1.29 is 9.53 Å². The fourth-order valence-corrected chi connectivity index (χ4v) is 3.19. The van der Waals surface area contributed by atoms with E-state index in [2.05, 4.69) is 28.1 Å². The van der Waals surface area contributed by atoms with Crippen molar-refractivity contribution in [2.45, 2.75) is 12.8 Å². The Labute approximate surface area is 115 Å². The molecule has 0 fully saturated rings. The van der Waals surface area contributed by atoms with Gasteiger partial charge in [0.1, 0.15) is 4.88 Å². The summed E-state index contributed by atoms with van der Waals surface area (Å²) in [5.74, 6) is -0.325. The fraction of sp³-hybridized carbons (Fsp3) is 0.286. The standard InChI is InChI=1S/C14H14N2O2S/c1-18-13(17)12-9-15-14(19-12)16-8-4-6-10-5-2-3-7-11(10)16/h2-3,5,7,9H,4,6,8H2,1H3. The number of thiazole rings is 1. The fourth-order valence-electron chi connectivity index (χ4n) is 2.32. The van der Waals surface area contributed by atoms with Crippen molar-refractivity contribution in [2.75, 3.05) is 18.6 Å². The maximum Gasteiger partial charge on any atom is 0.349 e. The zero-order valence-corrected chi connectivity index (χ0v) is 11.4. The number of anilines is 2. The summed E-state index contributed by atoms with van der Waals surface area (Å²) < 4.78 is 4.72. The Morgan fingerprint density at radius 3 is 3.11 bits per heavy atom. The van der Waals surface area contributed by atoms with Gasteiger partial charge in [-0.15, -0.1) is 0 Å². The minimum atomic E-state index is -0.325. The van der Waals surface area contributed by atoms with Crippen molar-refractivity contribution in [1.82, 2.24) is 4.98 Å². The number of nitrogens with zero attached hydrogens (tertiary/aromatic N) is 2. The van der Waals surface area contributed by atoms with Gasteiger partial charge in [-0.25, -0.2) is 9.78 Å². The van der Waals surface area contributed by atoms with Gasteiger partial charge in [-0.3, -0.25) is 0 Å². The van der Waals surface area contributed by atoms with E-state index in [1.807, 2.05) is 6.07 Å². The Kier molecular flexibility index (Phi) is 3.21. The van der Waals surface area contributed by atoms with Crippen LogP contribution in [0, 0.1) is 0 Å². The summed E-state index contributed by atoms with van der Waals surface area (Å²) in [7, 11) is 1.39. The summed E-state index contributed by atoms with van der Waals surface area (Å²) >= 11 is 1.38. The highest BCUT2D eigenvalue weighted by Crippen LogP contribution is 2.35. The van der Waals surface area contributed by atoms with E-state index < -0.39 is 0 Å². The van der Waals surface area contributed by atoms with Crippen LogP contribution in [0.2, 0.25) is 0 Å². The van der Waals surface area contributed by atoms with Crippen LogP contribution in [0.25, 0.3) is 0 Å². The SMILES string of the molecule is COC(=O)c1cnc(N2CCCc3ccccc32)s1. The van der Waals surface area contributed by atoms with Gasteiger partial charge in [0, 0.05) is 12.2 Å². The highest BCUT2D eigenvalue weighted by atomic mass is 32.1. The zero-order chi connectivity index (χ0) is 13.2. The van der Waals surface area contributed by atoms with Gasteiger partial charge in [-0.1, -0.05) is 29.5 Å². The molecule has 2 aromatic rings. The third-order valence-electron chi connectivity index (χ3n) is 3.22. The van der Waals surface area contributed by atoms with E-state index in [-0.39, 0.29) is 5.97 Å². The normalized spacial score (nSPS) is 14.1. The maximum absolute atomic E-state index is 11.5. The summed E-state index contributed by atoms with van der Waals surface area (Å²) in [4.78, 5) is 18.6. The van der Waals surface area contributed by atoms with Crippen molar-refractivity contribution in [3.05, 3.63) is 40.9 Å². The molecule has 5 heteroatoms. The molecular formula is C14H14N2O2S. The third kappa shape index (κ3) is 2.21. The van der Waals surface area contributed by atoms with Crippen LogP contribution in [-0.2, 0) is 11.2 Å². The lowest BCUT2D eigenvalue weighted by atomic mass is 10.0. The number of rotatable bonds is 2. The maximum atomic E-state index is 11.5. The van der Waals surface area contributed by atoms with Crippen LogP contribution in [0.1, 0.15) is 21.7 Å². The number of hydrogen-bond donors (Lipinski definition) is 0. The molecule has 0 atom stereocenters. The van der Waals surface area contributed by atoms with Gasteiger partial charge in [0.25, 0.3) is 0 Å². The number of aromatic nitrogens is 1. The lowest BCUT2D eigenvalue weighted by molar-refractivity contribution is 0.0606. The monoisotopic (exact) mass is 274 g/mol. The molecule has 1 aromatic heterocycles. The highest BCUT2D eigenvalue weighted by molar-refractivity contribution is 7.17. The van der Waals surface area contributed by atoms with Crippen LogP contribution in [0.5, 0.6) is 0 Å². The smallest absolute Gasteiger partial charge is 0.349 e. The quantitative estimate of drug-likeness (QED) is 0.789. The summed E-state index contributed by atoms with van der Waals surface area (Å²) in [6.07, 6.45) is 3.79. The molecule has 98 valence electrons. The first-order chi connectivity index (χ1) is 9.29. The van der Waals surface area contributed by atoms with Gasteiger partial charge in [0.15, 0.2) is 5.13 Å². The Hall–Kier alpha value is -1.88. The lowest BCUT2D eigenvalue weighted by Crippen LogP contribution is -2.24. The van der Waals surface area contributed by atoms with Crippen LogP contribution < -0.4 is 4.90 Å². The van der Waals surface area contributed by atoms with Crippen LogP contribution in [0.4, 0.5) is 10.8 Å². The topological polar surface area (TPSA) is 42.4 Å². The summed E-state index contributed by atoms with van der Waals surface area (Å²) in [5.41, 5.74) is 2.53. The molecule has 1 aliphatic heterocycles. The zero-order valence-electron chi connectivity index (χ0n) is 10.6. The van der Waals surface area contributed by atoms with E-state index in [1.54, 1.807) is 6.20 Å². The van der Waals surface area contributed by atoms with Crippen LogP contribution in [-0.4, -0.2) is 24.6 Å². The molecule has 2 heterocycles. The lowest BCUT2D eigenvalue weighted by Gasteiger charge is -2.28.